The van der Waals surface area contributed by atoms with Crippen LogP contribution in [0.1, 0.15) is 20.3 Å². The molecule has 0 aromatic heterocycles. The average molecular weight is 355 g/mol. The molecule has 1 aromatic rings. The number of nitrogens with zero attached hydrogens (tertiary/aromatic N) is 1. The lowest BCUT2D eigenvalue weighted by Crippen LogP contribution is -2.46. The summed E-state index contributed by atoms with van der Waals surface area (Å²) in [6, 6.07) is 7.93. The summed E-state index contributed by atoms with van der Waals surface area (Å²) in [5.74, 6) is 0.814. The van der Waals surface area contributed by atoms with Gasteiger partial charge in [-0.05, 0) is 61.9 Å². The van der Waals surface area contributed by atoms with Crippen LogP contribution in [0.15, 0.2) is 28.7 Å². The van der Waals surface area contributed by atoms with Gasteiger partial charge in [-0.2, -0.15) is 0 Å². The van der Waals surface area contributed by atoms with Gasteiger partial charge in [-0.1, -0.05) is 12.1 Å². The molecule has 1 heterocycles. The molecule has 116 valence electrons. The molecule has 1 aliphatic heterocycles. The largest absolute Gasteiger partial charge is 0.491 e. The number of likely N-dealkylation sites (N-methyl/N-ethyl adjacent to an activating group) is 1. The van der Waals surface area contributed by atoms with Crippen molar-refractivity contribution < 1.29 is 9.53 Å². The molecule has 0 aliphatic carbocycles. The number of para-hydroxylation sites is 1. The van der Waals surface area contributed by atoms with Gasteiger partial charge in [0.15, 0.2) is 0 Å². The summed E-state index contributed by atoms with van der Waals surface area (Å²) in [6.07, 6.45) is 1.02. The Kier molecular flexibility index (Phi) is 5.27. The maximum Gasteiger partial charge on any atom is 0.229 e. The zero-order valence-corrected chi connectivity index (χ0v) is 14.4. The Morgan fingerprint density at radius 2 is 2.19 bits per heavy atom. The molecule has 0 unspecified atom stereocenters. The molecular weight excluding hydrogens is 332 g/mol. The number of hydrogen-bond acceptors (Lipinski definition) is 3. The van der Waals surface area contributed by atoms with Gasteiger partial charge in [-0.15, -0.1) is 0 Å². The summed E-state index contributed by atoms with van der Waals surface area (Å²) < 4.78 is 6.69. The Hall–Kier alpha value is -1.07. The lowest BCUT2D eigenvalue weighted by atomic mass is 9.93. The first-order valence-electron chi connectivity index (χ1n) is 7.25. The molecule has 0 bridgehead atoms. The van der Waals surface area contributed by atoms with Gasteiger partial charge in [-0.3, -0.25) is 4.79 Å². The minimum absolute atomic E-state index is 0.0508. The average Bonchev–Trinajstić information content (AvgIpc) is 2.83. The minimum atomic E-state index is -0.559. The molecule has 4 nitrogen and oxygen atoms in total. The van der Waals surface area contributed by atoms with Crippen molar-refractivity contribution in [2.24, 2.45) is 5.41 Å². The first-order valence-corrected chi connectivity index (χ1v) is 8.04. The number of nitrogens with one attached hydrogen (secondary N) is 1. The van der Waals surface area contributed by atoms with E-state index in [0.29, 0.717) is 6.61 Å². The van der Waals surface area contributed by atoms with Crippen molar-refractivity contribution in [3.63, 3.8) is 0 Å². The van der Waals surface area contributed by atoms with Crippen LogP contribution in [0.5, 0.6) is 5.75 Å². The van der Waals surface area contributed by atoms with Crippen molar-refractivity contribution in [3.05, 3.63) is 28.7 Å². The van der Waals surface area contributed by atoms with Crippen LogP contribution in [0.25, 0.3) is 0 Å². The second kappa shape index (κ2) is 6.79. The molecule has 0 saturated carbocycles. The van der Waals surface area contributed by atoms with E-state index in [1.165, 1.54) is 0 Å². The smallest absolute Gasteiger partial charge is 0.229 e. The molecule has 1 aliphatic rings. The number of carbonyl (C=O) groups is 1. The number of amides is 1. The van der Waals surface area contributed by atoms with Gasteiger partial charge in [0, 0.05) is 12.6 Å². The molecule has 2 rings (SSSR count). The number of rotatable bonds is 5. The first kappa shape index (κ1) is 16.3. The highest BCUT2D eigenvalue weighted by Gasteiger charge is 2.32. The van der Waals surface area contributed by atoms with Crippen molar-refractivity contribution in [3.8, 4) is 5.75 Å². The number of halogens is 1. The monoisotopic (exact) mass is 354 g/mol. The lowest BCUT2D eigenvalue weighted by molar-refractivity contribution is -0.131. The highest BCUT2D eigenvalue weighted by molar-refractivity contribution is 9.10. The molecule has 1 N–H and O–H groups in total. The van der Waals surface area contributed by atoms with E-state index in [4.69, 9.17) is 4.74 Å². The Balaban J connectivity index is 1.88. The highest BCUT2D eigenvalue weighted by Crippen LogP contribution is 2.26. The van der Waals surface area contributed by atoms with Gasteiger partial charge in [0.1, 0.15) is 12.4 Å². The summed E-state index contributed by atoms with van der Waals surface area (Å²) in [7, 11) is 2.08. The van der Waals surface area contributed by atoms with Crippen molar-refractivity contribution >= 4 is 21.8 Å². The number of ether oxygens (including phenoxy) is 1. The number of carbonyl (C=O) groups excluding carboxylic acids is 1. The minimum Gasteiger partial charge on any atom is -0.491 e. The normalized spacial score (nSPS) is 19.5. The van der Waals surface area contributed by atoms with E-state index in [9.17, 15) is 4.79 Å². The van der Waals surface area contributed by atoms with E-state index in [-0.39, 0.29) is 11.9 Å². The molecule has 0 radical (unpaired) electrons. The second-order valence-corrected chi connectivity index (χ2v) is 7.18. The summed E-state index contributed by atoms with van der Waals surface area (Å²) in [6.45, 7) is 6.14. The van der Waals surface area contributed by atoms with Crippen molar-refractivity contribution in [2.45, 2.75) is 26.3 Å². The zero-order valence-electron chi connectivity index (χ0n) is 12.9. The van der Waals surface area contributed by atoms with Crippen LogP contribution in [0, 0.1) is 5.41 Å². The van der Waals surface area contributed by atoms with E-state index in [2.05, 4.69) is 33.2 Å². The fourth-order valence-corrected chi connectivity index (χ4v) is 2.72. The maximum absolute atomic E-state index is 12.4. The van der Waals surface area contributed by atoms with E-state index >= 15 is 0 Å². The number of benzene rings is 1. The Labute approximate surface area is 135 Å². The molecule has 0 spiro atoms. The van der Waals surface area contributed by atoms with E-state index in [1.807, 2.05) is 38.1 Å². The van der Waals surface area contributed by atoms with Gasteiger partial charge in [-0.25, -0.2) is 0 Å². The molecule has 1 saturated heterocycles. The predicted molar refractivity (Wildman–Crippen MR) is 87.5 cm³/mol. The highest BCUT2D eigenvalue weighted by atomic mass is 79.9. The van der Waals surface area contributed by atoms with Gasteiger partial charge < -0.3 is 15.0 Å². The maximum atomic E-state index is 12.4. The Morgan fingerprint density at radius 3 is 2.81 bits per heavy atom. The van der Waals surface area contributed by atoms with Gasteiger partial charge in [0.25, 0.3) is 0 Å². The Bertz CT molecular complexity index is 505. The van der Waals surface area contributed by atoms with Crippen LogP contribution >= 0.6 is 15.9 Å². The third-order valence-electron chi connectivity index (χ3n) is 3.77. The molecule has 5 heteroatoms. The summed E-state index contributed by atoms with van der Waals surface area (Å²) >= 11 is 3.45. The van der Waals surface area contributed by atoms with E-state index < -0.39 is 5.41 Å². The summed E-state index contributed by atoms with van der Waals surface area (Å²) in [4.78, 5) is 14.6. The predicted octanol–water partition coefficient (Wildman–Crippen LogP) is 2.67. The third-order valence-corrected chi connectivity index (χ3v) is 4.42. The topological polar surface area (TPSA) is 41.6 Å². The van der Waals surface area contributed by atoms with Crippen molar-refractivity contribution in [2.75, 3.05) is 26.7 Å². The van der Waals surface area contributed by atoms with E-state index in [1.54, 1.807) is 0 Å². The molecule has 1 fully saturated rings. The van der Waals surface area contributed by atoms with Crippen LogP contribution in [-0.2, 0) is 4.79 Å². The SMILES string of the molecule is CN1CC[C@@H](NC(=O)C(C)(C)COc2ccccc2Br)C1. The standard InChI is InChI=1S/C16H23BrN2O2/c1-16(2,11-21-14-7-5-4-6-13(14)17)15(20)18-12-8-9-19(3)10-12/h4-7,12H,8-11H2,1-3H3,(H,18,20)/t12-/m1/s1. The van der Waals surface area contributed by atoms with Gasteiger partial charge >= 0.3 is 0 Å². The van der Waals surface area contributed by atoms with Crippen LogP contribution in [0.2, 0.25) is 0 Å². The fourth-order valence-electron chi connectivity index (χ4n) is 2.32. The van der Waals surface area contributed by atoms with Crippen LogP contribution in [-0.4, -0.2) is 43.6 Å². The third kappa shape index (κ3) is 4.45. The van der Waals surface area contributed by atoms with Crippen LogP contribution in [0.3, 0.4) is 0 Å². The summed E-state index contributed by atoms with van der Waals surface area (Å²) in [5.41, 5.74) is -0.559. The molecule has 1 atom stereocenters. The molecular formula is C16H23BrN2O2. The van der Waals surface area contributed by atoms with Crippen LogP contribution in [0.4, 0.5) is 0 Å². The summed E-state index contributed by atoms with van der Waals surface area (Å²) in [5, 5.41) is 3.13. The van der Waals surface area contributed by atoms with Crippen molar-refractivity contribution in [1.29, 1.82) is 0 Å². The van der Waals surface area contributed by atoms with Gasteiger partial charge in [0.05, 0.1) is 9.89 Å². The van der Waals surface area contributed by atoms with E-state index in [0.717, 1.165) is 29.7 Å². The quantitative estimate of drug-likeness (QED) is 0.883. The molecule has 1 aromatic carbocycles. The van der Waals surface area contributed by atoms with Gasteiger partial charge in [0.2, 0.25) is 5.91 Å². The fraction of sp³-hybridized carbons (Fsp3) is 0.562. The Morgan fingerprint density at radius 1 is 1.48 bits per heavy atom. The molecule has 21 heavy (non-hydrogen) atoms. The molecule has 1 amide bonds. The van der Waals surface area contributed by atoms with Crippen LogP contribution < -0.4 is 10.1 Å². The number of likely N-dealkylation sites (tertiary alicyclic amines) is 1. The number of hydrogen-bond donors (Lipinski definition) is 1. The second-order valence-electron chi connectivity index (χ2n) is 6.32. The van der Waals surface area contributed by atoms with Crippen molar-refractivity contribution in [1.82, 2.24) is 10.2 Å². The lowest BCUT2D eigenvalue weighted by Gasteiger charge is -2.26. The zero-order chi connectivity index (χ0) is 15.5. The first-order chi connectivity index (χ1) is 9.88.